The van der Waals surface area contributed by atoms with Gasteiger partial charge in [0.2, 0.25) is 0 Å². The summed E-state index contributed by atoms with van der Waals surface area (Å²) >= 11 is 0. The van der Waals surface area contributed by atoms with Crippen LogP contribution in [0.5, 0.6) is 0 Å². The van der Waals surface area contributed by atoms with Crippen LogP contribution in [0.2, 0.25) is 0 Å². The zero-order chi connectivity index (χ0) is 29.3. The Labute approximate surface area is 230 Å². The number of hydrogen-bond donors (Lipinski definition) is 2. The van der Waals surface area contributed by atoms with Crippen molar-refractivity contribution in [3.05, 3.63) is 133 Å². The van der Waals surface area contributed by atoms with E-state index < -0.39 is 35.9 Å². The molecule has 0 saturated carbocycles. The van der Waals surface area contributed by atoms with Crippen LogP contribution in [0.4, 0.5) is 11.4 Å². The molecule has 0 bridgehead atoms. The van der Waals surface area contributed by atoms with E-state index in [0.717, 1.165) is 22.8 Å². The fourth-order valence-corrected chi connectivity index (χ4v) is 13.4. The van der Waals surface area contributed by atoms with Gasteiger partial charge in [-0.1, -0.05) is 0 Å². The molecule has 40 heavy (non-hydrogen) atoms. The van der Waals surface area contributed by atoms with Crippen molar-refractivity contribution >= 4 is 41.9 Å². The van der Waals surface area contributed by atoms with Gasteiger partial charge in [-0.2, -0.15) is 0 Å². The second kappa shape index (κ2) is 10.7. The fraction of sp³-hybridized carbons (Fsp3) is 0.143. The van der Waals surface area contributed by atoms with Crippen LogP contribution in [0, 0.1) is 41.0 Å². The SMILES string of the molecule is Cc1cccc(P(Cc2cc([N+](=O)[O-])cc([N+](=O)[O-])c2)(OP(=O)(O)O)(c2cccc(C)c2)c2cccc(C)c2)c1. The van der Waals surface area contributed by atoms with Crippen LogP contribution in [0.25, 0.3) is 0 Å². The number of nitrogens with zero attached hydrogens (tertiary/aromatic N) is 2. The first-order valence-corrected chi connectivity index (χ1v) is 16.0. The molecule has 0 aliphatic carbocycles. The van der Waals surface area contributed by atoms with E-state index in [1.807, 2.05) is 39.0 Å². The van der Waals surface area contributed by atoms with Crippen LogP contribution in [-0.4, -0.2) is 19.6 Å². The number of benzene rings is 4. The van der Waals surface area contributed by atoms with Gasteiger partial charge in [-0.15, -0.1) is 0 Å². The molecule has 2 N–H and O–H groups in total. The molecule has 12 heteroatoms. The van der Waals surface area contributed by atoms with E-state index >= 15 is 0 Å². The Hall–Kier alpha value is -3.78. The van der Waals surface area contributed by atoms with E-state index in [4.69, 9.17) is 4.31 Å². The number of phosphoric acid groups is 1. The van der Waals surface area contributed by atoms with Gasteiger partial charge in [0.15, 0.2) is 0 Å². The number of aryl methyl sites for hydroxylation is 3. The predicted octanol–water partition coefficient (Wildman–Crippen LogP) is 5.48. The summed E-state index contributed by atoms with van der Waals surface area (Å²) < 4.78 is 19.3. The molecular formula is C28H28N2O8P2. The molecular weight excluding hydrogens is 554 g/mol. The molecule has 0 fully saturated rings. The summed E-state index contributed by atoms with van der Waals surface area (Å²) in [6.07, 6.45) is -0.296. The van der Waals surface area contributed by atoms with E-state index in [1.54, 1.807) is 54.6 Å². The number of nitro groups is 2. The molecule has 0 saturated heterocycles. The number of rotatable bonds is 9. The molecule has 0 spiro atoms. The summed E-state index contributed by atoms with van der Waals surface area (Å²) in [5, 5.41) is 24.9. The van der Waals surface area contributed by atoms with Gasteiger partial charge in [0, 0.05) is 0 Å². The Morgan fingerprint density at radius 1 is 0.700 bits per heavy atom. The van der Waals surface area contributed by atoms with Crippen molar-refractivity contribution in [1.29, 1.82) is 0 Å². The van der Waals surface area contributed by atoms with Crippen LogP contribution in [0.1, 0.15) is 22.3 Å². The van der Waals surface area contributed by atoms with Gasteiger partial charge < -0.3 is 0 Å². The quantitative estimate of drug-likeness (QED) is 0.149. The zero-order valence-electron chi connectivity index (χ0n) is 22.0. The second-order valence-electron chi connectivity index (χ2n) is 9.83. The normalized spacial score (nSPS) is 12.9. The molecule has 4 aromatic rings. The van der Waals surface area contributed by atoms with Crippen molar-refractivity contribution in [1.82, 2.24) is 0 Å². The van der Waals surface area contributed by atoms with Crippen molar-refractivity contribution in [2.45, 2.75) is 26.9 Å². The fourth-order valence-electron chi connectivity index (χ4n) is 5.20. The first-order chi connectivity index (χ1) is 18.7. The van der Waals surface area contributed by atoms with Crippen LogP contribution in [-0.2, 0) is 15.0 Å². The Kier molecular flexibility index (Phi) is 7.78. The predicted molar refractivity (Wildman–Crippen MR) is 156 cm³/mol. The monoisotopic (exact) mass is 582 g/mol. The van der Waals surface area contributed by atoms with Gasteiger partial charge in [-0.25, -0.2) is 0 Å². The average Bonchev–Trinajstić information content (AvgIpc) is 2.87. The molecule has 208 valence electrons. The van der Waals surface area contributed by atoms with Gasteiger partial charge >= 0.3 is 231 Å². The number of hydrogen-bond acceptors (Lipinski definition) is 6. The van der Waals surface area contributed by atoms with Gasteiger partial charge in [-0.3, -0.25) is 0 Å². The van der Waals surface area contributed by atoms with E-state index in [9.17, 15) is 34.6 Å². The van der Waals surface area contributed by atoms with Crippen molar-refractivity contribution < 1.29 is 28.5 Å². The molecule has 0 unspecified atom stereocenters. The molecule has 4 aromatic carbocycles. The summed E-state index contributed by atoms with van der Waals surface area (Å²) in [6.45, 7) is 0.686. The topological polar surface area (TPSA) is 153 Å². The van der Waals surface area contributed by atoms with Crippen LogP contribution >= 0.6 is 14.7 Å². The first-order valence-electron chi connectivity index (χ1n) is 12.2. The van der Waals surface area contributed by atoms with E-state index in [-0.39, 0.29) is 11.7 Å². The molecule has 0 aliphatic rings. The van der Waals surface area contributed by atoms with Gasteiger partial charge in [0.25, 0.3) is 0 Å². The molecule has 0 amide bonds. The Balaban J connectivity index is 2.30. The van der Waals surface area contributed by atoms with Crippen LogP contribution < -0.4 is 15.9 Å². The number of non-ortho nitro benzene ring substituents is 2. The molecule has 4 rings (SSSR count). The maximum absolute atomic E-state index is 13.1. The van der Waals surface area contributed by atoms with Gasteiger partial charge in [-0.05, 0) is 0 Å². The second-order valence-corrected chi connectivity index (χ2v) is 15.8. The van der Waals surface area contributed by atoms with Crippen molar-refractivity contribution in [2.24, 2.45) is 0 Å². The van der Waals surface area contributed by atoms with Gasteiger partial charge in [0.1, 0.15) is 0 Å². The van der Waals surface area contributed by atoms with Crippen LogP contribution in [0.15, 0.2) is 91.0 Å². The Morgan fingerprint density at radius 2 is 1.07 bits per heavy atom. The van der Waals surface area contributed by atoms with Crippen molar-refractivity contribution in [2.75, 3.05) is 0 Å². The summed E-state index contributed by atoms with van der Waals surface area (Å²) in [6, 6.07) is 24.5. The van der Waals surface area contributed by atoms with Crippen molar-refractivity contribution in [3.8, 4) is 0 Å². The minimum atomic E-state index is -5.30. The van der Waals surface area contributed by atoms with Crippen LogP contribution in [0.3, 0.4) is 0 Å². The third-order valence-electron chi connectivity index (χ3n) is 6.80. The summed E-state index contributed by atoms with van der Waals surface area (Å²) in [5.41, 5.74) is 1.43. The van der Waals surface area contributed by atoms with Crippen molar-refractivity contribution in [3.63, 3.8) is 0 Å². The summed E-state index contributed by atoms with van der Waals surface area (Å²) in [7, 11) is -5.30. The molecule has 10 nitrogen and oxygen atoms in total. The Bertz CT molecular complexity index is 1540. The summed E-state index contributed by atoms with van der Waals surface area (Å²) in [4.78, 5) is 43.3. The molecule has 0 heterocycles. The maximum atomic E-state index is 13.1. The minimum absolute atomic E-state index is 0.122. The average molecular weight is 582 g/mol. The molecule has 0 atom stereocenters. The number of nitro benzene ring substituents is 2. The standard InChI is InChI=1S/C28H28N2O8P2/c1-20-7-4-10-26(13-20)40(38-39(35,36)37,27-11-5-8-21(2)14-27,28-12-6-9-22(3)15-28)19-23-16-24(29(31)32)18-25(17-23)30(33)34/h4-18H,19H2,1-3H3,(H2,35,36,37). The van der Waals surface area contributed by atoms with Gasteiger partial charge in [0.05, 0.1) is 0 Å². The third kappa shape index (κ3) is 5.45. The van der Waals surface area contributed by atoms with E-state index in [2.05, 4.69) is 0 Å². The third-order valence-corrected chi connectivity index (χ3v) is 14.2. The Morgan fingerprint density at radius 3 is 1.38 bits per heavy atom. The van der Waals surface area contributed by atoms with E-state index in [0.29, 0.717) is 15.9 Å². The molecule has 0 aliphatic heterocycles. The summed E-state index contributed by atoms with van der Waals surface area (Å²) in [5.74, 6) is 0. The molecule has 0 radical (unpaired) electrons. The molecule has 0 aromatic heterocycles. The van der Waals surface area contributed by atoms with E-state index in [1.165, 1.54) is 12.1 Å². The zero-order valence-corrected chi connectivity index (χ0v) is 23.8. The first kappa shape index (κ1) is 29.2.